The van der Waals surface area contributed by atoms with Crippen molar-refractivity contribution in [3.8, 4) is 11.5 Å². The maximum absolute atomic E-state index is 12.8. The lowest BCUT2D eigenvalue weighted by molar-refractivity contribution is -0.149. The van der Waals surface area contributed by atoms with E-state index in [9.17, 15) is 9.59 Å². The number of nitrogens with zero attached hydrogens (tertiary/aromatic N) is 1. The molecule has 0 radical (unpaired) electrons. The third-order valence-corrected chi connectivity index (χ3v) is 4.35. The number of amides is 1. The molecule has 1 unspecified atom stereocenters. The summed E-state index contributed by atoms with van der Waals surface area (Å²) in [5, 5.41) is 6.34. The van der Waals surface area contributed by atoms with Gasteiger partial charge in [0.25, 0.3) is 5.91 Å². The van der Waals surface area contributed by atoms with Crippen molar-refractivity contribution in [3.63, 3.8) is 0 Å². The van der Waals surface area contributed by atoms with Crippen LogP contribution in [0.3, 0.4) is 0 Å². The molecule has 8 nitrogen and oxygen atoms in total. The topological polar surface area (TPSA) is 99.9 Å². The zero-order valence-corrected chi connectivity index (χ0v) is 18.0. The summed E-state index contributed by atoms with van der Waals surface area (Å²) in [4.78, 5) is 25.3. The van der Waals surface area contributed by atoms with Gasteiger partial charge in [-0.1, -0.05) is 41.6 Å². The molecule has 0 aliphatic rings. The Bertz CT molecular complexity index is 1090. The molecule has 166 valence electrons. The van der Waals surface area contributed by atoms with Gasteiger partial charge in [-0.05, 0) is 37.6 Å². The summed E-state index contributed by atoms with van der Waals surface area (Å²) >= 11 is 0. The number of carbonyl (C=O) groups excluding carboxylic acids is 2. The fourth-order valence-corrected chi connectivity index (χ4v) is 2.90. The number of nitrogens with one attached hydrogen (secondary N) is 1. The molecule has 0 saturated carbocycles. The van der Waals surface area contributed by atoms with Crippen molar-refractivity contribution in [1.82, 2.24) is 5.16 Å². The van der Waals surface area contributed by atoms with E-state index in [4.69, 9.17) is 18.7 Å². The first kappa shape index (κ1) is 22.6. The van der Waals surface area contributed by atoms with Gasteiger partial charge in [0.1, 0.15) is 5.76 Å². The van der Waals surface area contributed by atoms with Crippen LogP contribution in [0.5, 0.6) is 11.5 Å². The zero-order valence-electron chi connectivity index (χ0n) is 18.0. The monoisotopic (exact) mass is 436 g/mol. The lowest BCUT2D eigenvalue weighted by Gasteiger charge is -2.16. The number of anilines is 1. The van der Waals surface area contributed by atoms with E-state index in [-0.39, 0.29) is 5.82 Å². The first-order valence-corrected chi connectivity index (χ1v) is 9.98. The number of aromatic nitrogens is 1. The van der Waals surface area contributed by atoms with E-state index in [2.05, 4.69) is 10.5 Å². The number of aryl methyl sites for hydroxylation is 1. The summed E-state index contributed by atoms with van der Waals surface area (Å²) in [5.74, 6) is 0.710. The van der Waals surface area contributed by atoms with Crippen molar-refractivity contribution in [1.29, 1.82) is 0 Å². The minimum atomic E-state index is -1.17. The smallest absolute Gasteiger partial charge is 0.331 e. The van der Waals surface area contributed by atoms with E-state index in [1.54, 1.807) is 74.7 Å². The molecule has 1 heterocycles. The van der Waals surface area contributed by atoms with Crippen molar-refractivity contribution >= 4 is 23.8 Å². The Morgan fingerprint density at radius 3 is 2.56 bits per heavy atom. The fraction of sp³-hybridized carbons (Fsp3) is 0.208. The minimum Gasteiger partial charge on any atom is -0.493 e. The van der Waals surface area contributed by atoms with E-state index in [0.29, 0.717) is 35.0 Å². The van der Waals surface area contributed by atoms with E-state index in [0.717, 1.165) is 0 Å². The molecule has 8 heteroatoms. The molecule has 32 heavy (non-hydrogen) atoms. The number of methoxy groups -OCH3 is 1. The van der Waals surface area contributed by atoms with Gasteiger partial charge in [-0.2, -0.15) is 0 Å². The SMILES string of the molecule is CCOc1ccc(/C=C/C(=O)OC(C(=O)Nc2cc(C)on2)c2ccccc2)cc1OC. The number of hydrogen-bond donors (Lipinski definition) is 1. The molecule has 0 saturated heterocycles. The highest BCUT2D eigenvalue weighted by Crippen LogP contribution is 2.28. The molecule has 0 bridgehead atoms. The van der Waals surface area contributed by atoms with Crippen molar-refractivity contribution in [2.45, 2.75) is 20.0 Å². The van der Waals surface area contributed by atoms with Crippen LogP contribution < -0.4 is 14.8 Å². The van der Waals surface area contributed by atoms with Gasteiger partial charge in [-0.3, -0.25) is 4.79 Å². The summed E-state index contributed by atoms with van der Waals surface area (Å²) in [7, 11) is 1.54. The minimum absolute atomic E-state index is 0.238. The molecule has 0 fully saturated rings. The number of carbonyl (C=O) groups is 2. The van der Waals surface area contributed by atoms with Crippen molar-refractivity contribution in [3.05, 3.63) is 77.6 Å². The zero-order chi connectivity index (χ0) is 22.9. The number of esters is 1. The third kappa shape index (κ3) is 5.98. The van der Waals surface area contributed by atoms with Gasteiger partial charge in [0.2, 0.25) is 6.10 Å². The van der Waals surface area contributed by atoms with Gasteiger partial charge >= 0.3 is 5.97 Å². The van der Waals surface area contributed by atoms with Gasteiger partial charge < -0.3 is 24.1 Å². The summed E-state index contributed by atoms with van der Waals surface area (Å²) in [6, 6.07) is 15.6. The van der Waals surface area contributed by atoms with Gasteiger partial charge in [-0.25, -0.2) is 4.79 Å². The van der Waals surface area contributed by atoms with Gasteiger partial charge in [0.05, 0.1) is 13.7 Å². The number of ether oxygens (including phenoxy) is 3. The molecule has 2 aromatic carbocycles. The van der Waals surface area contributed by atoms with Crippen LogP contribution in [0, 0.1) is 6.92 Å². The molecule has 1 aromatic heterocycles. The maximum Gasteiger partial charge on any atom is 0.331 e. The summed E-state index contributed by atoms with van der Waals surface area (Å²) < 4.78 is 21.2. The summed E-state index contributed by atoms with van der Waals surface area (Å²) in [5.41, 5.74) is 1.23. The second-order valence-corrected chi connectivity index (χ2v) is 6.72. The Kier molecular flexibility index (Phi) is 7.64. The molecule has 0 aliphatic heterocycles. The highest BCUT2D eigenvalue weighted by molar-refractivity contribution is 5.97. The molecule has 1 N–H and O–H groups in total. The highest BCUT2D eigenvalue weighted by Gasteiger charge is 2.25. The van der Waals surface area contributed by atoms with Crippen LogP contribution in [0.2, 0.25) is 0 Å². The van der Waals surface area contributed by atoms with Crippen LogP contribution in [0.15, 0.2) is 65.2 Å². The van der Waals surface area contributed by atoms with Crippen molar-refractivity contribution in [2.75, 3.05) is 19.0 Å². The second-order valence-electron chi connectivity index (χ2n) is 6.72. The van der Waals surface area contributed by atoms with E-state index < -0.39 is 18.0 Å². The largest absolute Gasteiger partial charge is 0.493 e. The Balaban J connectivity index is 1.74. The quantitative estimate of drug-likeness (QED) is 0.394. The maximum atomic E-state index is 12.8. The molecular formula is C24H24N2O6. The Morgan fingerprint density at radius 2 is 1.91 bits per heavy atom. The first-order chi connectivity index (χ1) is 15.5. The summed E-state index contributed by atoms with van der Waals surface area (Å²) in [6.07, 6.45) is 1.65. The number of benzene rings is 2. The van der Waals surface area contributed by atoms with Gasteiger partial charge in [0, 0.05) is 17.7 Å². The highest BCUT2D eigenvalue weighted by atomic mass is 16.5. The van der Waals surface area contributed by atoms with Crippen LogP contribution in [0.1, 0.15) is 29.9 Å². The third-order valence-electron chi connectivity index (χ3n) is 4.35. The lowest BCUT2D eigenvalue weighted by Crippen LogP contribution is -2.25. The Hall–Kier alpha value is -4.07. The van der Waals surface area contributed by atoms with Gasteiger partial charge in [-0.15, -0.1) is 0 Å². The van der Waals surface area contributed by atoms with Crippen molar-refractivity contribution in [2.24, 2.45) is 0 Å². The predicted octanol–water partition coefficient (Wildman–Crippen LogP) is 4.33. The standard InChI is InChI=1S/C24H24N2O6/c1-4-30-19-12-10-17(15-20(19)29-3)11-13-22(27)31-23(18-8-6-5-7-9-18)24(28)25-21-14-16(2)32-26-21/h5-15,23H,4H2,1-3H3,(H,25,26,28)/b13-11+. The Labute approximate surface area is 185 Å². The average molecular weight is 436 g/mol. The molecule has 1 atom stereocenters. The average Bonchev–Trinajstić information content (AvgIpc) is 3.21. The van der Waals surface area contributed by atoms with Gasteiger partial charge in [0.15, 0.2) is 17.3 Å². The van der Waals surface area contributed by atoms with E-state index >= 15 is 0 Å². The van der Waals surface area contributed by atoms with E-state index in [1.165, 1.54) is 6.08 Å². The van der Waals surface area contributed by atoms with Crippen LogP contribution in [-0.4, -0.2) is 30.7 Å². The lowest BCUT2D eigenvalue weighted by atomic mass is 10.1. The van der Waals surface area contributed by atoms with Crippen molar-refractivity contribution < 1.29 is 28.3 Å². The molecule has 0 aliphatic carbocycles. The molecular weight excluding hydrogens is 412 g/mol. The fourth-order valence-electron chi connectivity index (χ4n) is 2.90. The normalized spacial score (nSPS) is 11.7. The molecule has 0 spiro atoms. The van der Waals surface area contributed by atoms with E-state index in [1.807, 2.05) is 6.92 Å². The number of rotatable bonds is 9. The first-order valence-electron chi connectivity index (χ1n) is 9.98. The van der Waals surface area contributed by atoms with Crippen LogP contribution in [0.25, 0.3) is 6.08 Å². The van der Waals surface area contributed by atoms with Crippen LogP contribution >= 0.6 is 0 Å². The Morgan fingerprint density at radius 1 is 1.12 bits per heavy atom. The van der Waals surface area contributed by atoms with Crippen LogP contribution in [-0.2, 0) is 14.3 Å². The predicted molar refractivity (Wildman–Crippen MR) is 118 cm³/mol. The van der Waals surface area contributed by atoms with Crippen LogP contribution in [0.4, 0.5) is 5.82 Å². The molecule has 1 amide bonds. The number of hydrogen-bond acceptors (Lipinski definition) is 7. The second kappa shape index (κ2) is 10.8. The molecule has 3 aromatic rings. The molecule has 3 rings (SSSR count). The summed E-state index contributed by atoms with van der Waals surface area (Å²) in [6.45, 7) is 4.10.